The van der Waals surface area contributed by atoms with E-state index >= 15 is 0 Å². The molecule has 0 heterocycles. The molecule has 0 bridgehead atoms. The lowest BCUT2D eigenvalue weighted by molar-refractivity contribution is -0.131. The van der Waals surface area contributed by atoms with Crippen molar-refractivity contribution in [3.8, 4) is 11.1 Å². The Balaban J connectivity index is 1.80. The van der Waals surface area contributed by atoms with Gasteiger partial charge in [0, 0.05) is 11.8 Å². The van der Waals surface area contributed by atoms with Gasteiger partial charge in [0.25, 0.3) is 10.0 Å². The topological polar surface area (TPSA) is 83.5 Å². The van der Waals surface area contributed by atoms with Crippen LogP contribution in [0.1, 0.15) is 5.56 Å². The summed E-state index contributed by atoms with van der Waals surface area (Å²) in [6.45, 7) is 0. The minimum Gasteiger partial charge on any atom is -0.478 e. The van der Waals surface area contributed by atoms with Crippen LogP contribution in [0.4, 0.5) is 5.69 Å². The molecular formula is C21H17NO4S. The highest BCUT2D eigenvalue weighted by molar-refractivity contribution is 7.92. The second-order valence-corrected chi connectivity index (χ2v) is 7.48. The minimum atomic E-state index is -3.78. The number of carboxylic acid groups (broad SMARTS) is 1. The van der Waals surface area contributed by atoms with Crippen molar-refractivity contribution in [1.82, 2.24) is 0 Å². The van der Waals surface area contributed by atoms with Crippen molar-refractivity contribution in [1.29, 1.82) is 0 Å². The third-order valence-corrected chi connectivity index (χ3v) is 5.21. The molecule has 0 aliphatic heterocycles. The summed E-state index contributed by atoms with van der Waals surface area (Å²) < 4.78 is 27.7. The Morgan fingerprint density at radius 1 is 0.852 bits per heavy atom. The number of anilines is 1. The number of carboxylic acids is 1. The SMILES string of the molecule is O=C(O)C=Cc1cccc(S(=O)(=O)Nc2ccc(-c3ccccc3)cc2)c1. The van der Waals surface area contributed by atoms with Crippen LogP contribution in [0.25, 0.3) is 17.2 Å². The predicted molar refractivity (Wildman–Crippen MR) is 106 cm³/mol. The fraction of sp³-hybridized carbons (Fsp3) is 0. The van der Waals surface area contributed by atoms with Crippen molar-refractivity contribution in [2.24, 2.45) is 0 Å². The molecule has 0 aromatic heterocycles. The summed E-state index contributed by atoms with van der Waals surface area (Å²) in [5, 5.41) is 8.69. The lowest BCUT2D eigenvalue weighted by atomic mass is 10.1. The van der Waals surface area contributed by atoms with Crippen molar-refractivity contribution in [3.63, 3.8) is 0 Å². The molecule has 27 heavy (non-hydrogen) atoms. The largest absolute Gasteiger partial charge is 0.478 e. The van der Waals surface area contributed by atoms with Gasteiger partial charge < -0.3 is 5.11 Å². The zero-order chi connectivity index (χ0) is 19.3. The van der Waals surface area contributed by atoms with Crippen LogP contribution >= 0.6 is 0 Å². The molecule has 0 fully saturated rings. The number of aliphatic carboxylic acids is 1. The van der Waals surface area contributed by atoms with Crippen molar-refractivity contribution in [3.05, 3.63) is 90.5 Å². The summed E-state index contributed by atoms with van der Waals surface area (Å²) >= 11 is 0. The number of rotatable bonds is 6. The number of sulfonamides is 1. The van der Waals surface area contributed by atoms with E-state index in [2.05, 4.69) is 4.72 Å². The molecule has 0 unspecified atom stereocenters. The number of carbonyl (C=O) groups is 1. The van der Waals surface area contributed by atoms with Crippen molar-refractivity contribution >= 4 is 27.8 Å². The average molecular weight is 379 g/mol. The molecule has 0 atom stereocenters. The fourth-order valence-corrected chi connectivity index (χ4v) is 3.64. The van der Waals surface area contributed by atoms with Crippen LogP contribution in [0.3, 0.4) is 0 Å². The summed E-state index contributed by atoms with van der Waals surface area (Å²) in [5.74, 6) is -1.10. The second-order valence-electron chi connectivity index (χ2n) is 5.79. The van der Waals surface area contributed by atoms with Gasteiger partial charge in [-0.2, -0.15) is 0 Å². The van der Waals surface area contributed by atoms with Crippen LogP contribution in [-0.2, 0) is 14.8 Å². The zero-order valence-electron chi connectivity index (χ0n) is 14.2. The summed E-state index contributed by atoms with van der Waals surface area (Å²) in [6, 6.07) is 23.0. The van der Waals surface area contributed by atoms with Gasteiger partial charge in [0.1, 0.15) is 0 Å². The quantitative estimate of drug-likeness (QED) is 0.627. The number of hydrogen-bond acceptors (Lipinski definition) is 3. The Morgan fingerprint density at radius 3 is 2.19 bits per heavy atom. The molecule has 2 N–H and O–H groups in total. The van der Waals surface area contributed by atoms with Gasteiger partial charge in [0.2, 0.25) is 0 Å². The van der Waals surface area contributed by atoms with E-state index in [0.29, 0.717) is 11.3 Å². The Bertz CT molecular complexity index is 1070. The molecule has 0 saturated heterocycles. The van der Waals surface area contributed by atoms with Gasteiger partial charge in [-0.3, -0.25) is 4.72 Å². The minimum absolute atomic E-state index is 0.0576. The smallest absolute Gasteiger partial charge is 0.328 e. The molecule has 0 saturated carbocycles. The van der Waals surface area contributed by atoms with E-state index in [1.807, 2.05) is 42.5 Å². The first-order valence-electron chi connectivity index (χ1n) is 8.13. The first kappa shape index (κ1) is 18.4. The molecule has 6 heteroatoms. The first-order chi connectivity index (χ1) is 12.9. The maximum Gasteiger partial charge on any atom is 0.328 e. The van der Waals surface area contributed by atoms with Gasteiger partial charge in [-0.05, 0) is 47.0 Å². The molecule has 0 radical (unpaired) electrons. The van der Waals surface area contributed by atoms with Crippen LogP contribution in [0.15, 0.2) is 89.8 Å². The fourth-order valence-electron chi connectivity index (χ4n) is 2.53. The molecule has 0 aliphatic carbocycles. The monoisotopic (exact) mass is 379 g/mol. The van der Waals surface area contributed by atoms with Crippen LogP contribution < -0.4 is 4.72 Å². The van der Waals surface area contributed by atoms with Gasteiger partial charge in [-0.1, -0.05) is 54.6 Å². The highest BCUT2D eigenvalue weighted by atomic mass is 32.2. The third kappa shape index (κ3) is 4.83. The Kier molecular flexibility index (Phi) is 5.38. The van der Waals surface area contributed by atoms with Gasteiger partial charge in [-0.25, -0.2) is 13.2 Å². The lowest BCUT2D eigenvalue weighted by Gasteiger charge is -2.10. The van der Waals surface area contributed by atoms with E-state index in [9.17, 15) is 13.2 Å². The third-order valence-electron chi connectivity index (χ3n) is 3.83. The summed E-state index contributed by atoms with van der Waals surface area (Å²) in [7, 11) is -3.78. The summed E-state index contributed by atoms with van der Waals surface area (Å²) in [5.41, 5.74) is 2.96. The Morgan fingerprint density at radius 2 is 1.52 bits per heavy atom. The molecule has 5 nitrogen and oxygen atoms in total. The van der Waals surface area contributed by atoms with E-state index in [0.717, 1.165) is 17.2 Å². The molecule has 0 spiro atoms. The van der Waals surface area contributed by atoms with E-state index in [4.69, 9.17) is 5.11 Å². The van der Waals surface area contributed by atoms with Crippen LogP contribution in [0.2, 0.25) is 0 Å². The van der Waals surface area contributed by atoms with E-state index in [-0.39, 0.29) is 4.90 Å². The summed E-state index contributed by atoms with van der Waals surface area (Å²) in [4.78, 5) is 10.7. The Hall–Kier alpha value is -3.38. The normalized spacial score (nSPS) is 11.4. The molecule has 0 amide bonds. The molecule has 3 aromatic rings. The molecule has 136 valence electrons. The molecule has 3 rings (SSSR count). The number of hydrogen-bond donors (Lipinski definition) is 2. The predicted octanol–water partition coefficient (Wildman–Crippen LogP) is 4.25. The van der Waals surface area contributed by atoms with Gasteiger partial charge in [0.05, 0.1) is 4.90 Å². The molecule has 0 aliphatic rings. The zero-order valence-corrected chi connectivity index (χ0v) is 15.1. The first-order valence-corrected chi connectivity index (χ1v) is 9.62. The van der Waals surface area contributed by atoms with Crippen molar-refractivity contribution in [2.75, 3.05) is 4.72 Å². The number of benzene rings is 3. The van der Waals surface area contributed by atoms with E-state index in [1.165, 1.54) is 18.2 Å². The van der Waals surface area contributed by atoms with Gasteiger partial charge >= 0.3 is 5.97 Å². The number of nitrogens with one attached hydrogen (secondary N) is 1. The van der Waals surface area contributed by atoms with Gasteiger partial charge in [0.15, 0.2) is 0 Å². The van der Waals surface area contributed by atoms with Gasteiger partial charge in [-0.15, -0.1) is 0 Å². The van der Waals surface area contributed by atoms with Crippen molar-refractivity contribution < 1.29 is 18.3 Å². The van der Waals surface area contributed by atoms with E-state index in [1.54, 1.807) is 24.3 Å². The Labute approximate surface area is 157 Å². The average Bonchev–Trinajstić information content (AvgIpc) is 2.68. The van der Waals surface area contributed by atoms with E-state index < -0.39 is 16.0 Å². The highest BCUT2D eigenvalue weighted by Crippen LogP contribution is 2.23. The van der Waals surface area contributed by atoms with Crippen LogP contribution in [0.5, 0.6) is 0 Å². The molecular weight excluding hydrogens is 362 g/mol. The van der Waals surface area contributed by atoms with Crippen LogP contribution in [0, 0.1) is 0 Å². The maximum atomic E-state index is 12.6. The van der Waals surface area contributed by atoms with Crippen molar-refractivity contribution in [2.45, 2.75) is 4.90 Å². The lowest BCUT2D eigenvalue weighted by Crippen LogP contribution is -2.12. The highest BCUT2D eigenvalue weighted by Gasteiger charge is 2.14. The second kappa shape index (κ2) is 7.88. The van der Waals surface area contributed by atoms with Crippen LogP contribution in [-0.4, -0.2) is 19.5 Å². The summed E-state index contributed by atoms with van der Waals surface area (Å²) in [6.07, 6.45) is 2.30. The maximum absolute atomic E-state index is 12.6. The molecule has 3 aromatic carbocycles. The standard InChI is InChI=1S/C21H17NO4S/c23-21(24)14-9-16-5-4-8-20(15-16)27(25,26)22-19-12-10-18(11-13-19)17-6-2-1-3-7-17/h1-15,22H,(H,23,24).